The lowest BCUT2D eigenvalue weighted by molar-refractivity contribution is 0.104. The highest BCUT2D eigenvalue weighted by Gasteiger charge is 2.00. The number of carbonyl (C=O) groups excluding carboxylic acids is 1. The third kappa shape index (κ3) is 3.83. The number of aryl methyl sites for hydroxylation is 1. The molecule has 1 nitrogen and oxygen atoms in total. The normalized spacial score (nSPS) is 10.8. The molecule has 0 aliphatic carbocycles. The first-order chi connectivity index (χ1) is 11.2. The number of carbonyl (C=O) groups is 1. The minimum absolute atomic E-state index is 0.0215. The van der Waals surface area contributed by atoms with Crippen molar-refractivity contribution in [2.24, 2.45) is 0 Å². The Morgan fingerprint density at radius 2 is 1.30 bits per heavy atom. The van der Waals surface area contributed by atoms with E-state index in [1.165, 1.54) is 16.7 Å². The highest BCUT2D eigenvalue weighted by atomic mass is 16.1. The second-order valence-electron chi connectivity index (χ2n) is 5.55. The molecule has 0 atom stereocenters. The number of allylic oxidation sites excluding steroid dienone is 1. The van der Waals surface area contributed by atoms with Crippen molar-refractivity contribution >= 4 is 11.9 Å². The highest BCUT2D eigenvalue weighted by Crippen LogP contribution is 2.20. The van der Waals surface area contributed by atoms with Crippen LogP contribution in [0, 0.1) is 6.92 Å². The largest absolute Gasteiger partial charge is 0.289 e. The van der Waals surface area contributed by atoms with Gasteiger partial charge in [0.15, 0.2) is 5.78 Å². The smallest absolute Gasteiger partial charge is 0.185 e. The van der Waals surface area contributed by atoms with E-state index in [0.29, 0.717) is 5.56 Å². The molecule has 0 saturated carbocycles. The Labute approximate surface area is 136 Å². The van der Waals surface area contributed by atoms with E-state index in [4.69, 9.17) is 0 Å². The standard InChI is InChI=1S/C22H18O/c1-17-7-12-19(13-8-17)20-14-9-18(10-15-20)11-16-22(23)21-5-3-2-4-6-21/h2-16H,1H3/b16-11+. The second kappa shape index (κ2) is 6.89. The fourth-order valence-electron chi connectivity index (χ4n) is 2.40. The first-order valence-corrected chi connectivity index (χ1v) is 7.67. The van der Waals surface area contributed by atoms with E-state index < -0.39 is 0 Å². The molecule has 0 bridgehead atoms. The van der Waals surface area contributed by atoms with E-state index in [9.17, 15) is 4.79 Å². The van der Waals surface area contributed by atoms with E-state index in [1.54, 1.807) is 6.08 Å². The Hall–Kier alpha value is -2.93. The van der Waals surface area contributed by atoms with E-state index in [2.05, 4.69) is 43.3 Å². The average Bonchev–Trinajstić information content (AvgIpc) is 2.61. The van der Waals surface area contributed by atoms with Crippen LogP contribution in [0.5, 0.6) is 0 Å². The van der Waals surface area contributed by atoms with Crippen LogP contribution in [0.15, 0.2) is 84.9 Å². The summed E-state index contributed by atoms with van der Waals surface area (Å²) in [5.74, 6) is 0.0215. The Balaban J connectivity index is 1.74. The Morgan fingerprint density at radius 1 is 0.739 bits per heavy atom. The zero-order chi connectivity index (χ0) is 16.1. The van der Waals surface area contributed by atoms with Crippen molar-refractivity contribution in [3.05, 3.63) is 102 Å². The van der Waals surface area contributed by atoms with Crippen LogP contribution in [0.25, 0.3) is 17.2 Å². The Kier molecular flexibility index (Phi) is 4.49. The number of benzene rings is 3. The third-order valence-corrected chi connectivity index (χ3v) is 3.78. The Bertz CT molecular complexity index is 810. The van der Waals surface area contributed by atoms with Gasteiger partial charge >= 0.3 is 0 Å². The summed E-state index contributed by atoms with van der Waals surface area (Å²) in [4.78, 5) is 12.1. The van der Waals surface area contributed by atoms with Crippen LogP contribution < -0.4 is 0 Å². The summed E-state index contributed by atoms with van der Waals surface area (Å²) in [5.41, 5.74) is 5.36. The fourth-order valence-corrected chi connectivity index (χ4v) is 2.40. The lowest BCUT2D eigenvalue weighted by Crippen LogP contribution is -1.92. The van der Waals surface area contributed by atoms with Crippen molar-refractivity contribution in [3.8, 4) is 11.1 Å². The molecule has 112 valence electrons. The van der Waals surface area contributed by atoms with Crippen molar-refractivity contribution in [3.63, 3.8) is 0 Å². The zero-order valence-corrected chi connectivity index (χ0v) is 13.1. The van der Waals surface area contributed by atoms with Gasteiger partial charge in [0.2, 0.25) is 0 Å². The maximum atomic E-state index is 12.1. The summed E-state index contributed by atoms with van der Waals surface area (Å²) in [6.45, 7) is 2.08. The van der Waals surface area contributed by atoms with Gasteiger partial charge < -0.3 is 0 Å². The number of ketones is 1. The van der Waals surface area contributed by atoms with Gasteiger partial charge in [-0.2, -0.15) is 0 Å². The van der Waals surface area contributed by atoms with Crippen LogP contribution in [0.1, 0.15) is 21.5 Å². The summed E-state index contributed by atoms with van der Waals surface area (Å²) in [6.07, 6.45) is 3.48. The van der Waals surface area contributed by atoms with Crippen LogP contribution in [-0.2, 0) is 0 Å². The predicted molar refractivity (Wildman–Crippen MR) is 96.4 cm³/mol. The van der Waals surface area contributed by atoms with Crippen LogP contribution in [0.2, 0.25) is 0 Å². The summed E-state index contributed by atoms with van der Waals surface area (Å²) < 4.78 is 0. The molecule has 0 saturated heterocycles. The molecule has 3 aromatic rings. The SMILES string of the molecule is Cc1ccc(-c2ccc(/C=C/C(=O)c3ccccc3)cc2)cc1. The van der Waals surface area contributed by atoms with Crippen LogP contribution >= 0.6 is 0 Å². The van der Waals surface area contributed by atoms with Gasteiger partial charge in [0, 0.05) is 5.56 Å². The monoisotopic (exact) mass is 298 g/mol. The minimum Gasteiger partial charge on any atom is -0.289 e. The molecule has 0 aromatic heterocycles. The minimum atomic E-state index is 0.0215. The van der Waals surface area contributed by atoms with E-state index in [0.717, 1.165) is 5.56 Å². The summed E-state index contributed by atoms with van der Waals surface area (Å²) in [5, 5.41) is 0. The van der Waals surface area contributed by atoms with Crippen molar-refractivity contribution in [2.75, 3.05) is 0 Å². The Morgan fingerprint density at radius 3 is 1.91 bits per heavy atom. The maximum Gasteiger partial charge on any atom is 0.185 e. The quantitative estimate of drug-likeness (QED) is 0.455. The molecule has 0 fully saturated rings. The topological polar surface area (TPSA) is 17.1 Å². The zero-order valence-electron chi connectivity index (χ0n) is 13.1. The third-order valence-electron chi connectivity index (χ3n) is 3.78. The lowest BCUT2D eigenvalue weighted by Gasteiger charge is -2.03. The van der Waals surface area contributed by atoms with E-state index in [1.807, 2.05) is 48.5 Å². The first kappa shape index (κ1) is 15.0. The molecule has 0 radical (unpaired) electrons. The van der Waals surface area contributed by atoms with E-state index in [-0.39, 0.29) is 5.78 Å². The second-order valence-corrected chi connectivity index (χ2v) is 5.55. The van der Waals surface area contributed by atoms with Gasteiger partial charge in [0.25, 0.3) is 0 Å². The molecule has 0 aliphatic rings. The fraction of sp³-hybridized carbons (Fsp3) is 0.0455. The molecule has 3 rings (SSSR count). The maximum absolute atomic E-state index is 12.1. The number of hydrogen-bond acceptors (Lipinski definition) is 1. The number of hydrogen-bond donors (Lipinski definition) is 0. The molecule has 1 heteroatoms. The molecule has 0 amide bonds. The molecular formula is C22H18O. The van der Waals surface area contributed by atoms with Gasteiger partial charge in [0.05, 0.1) is 0 Å². The summed E-state index contributed by atoms with van der Waals surface area (Å²) >= 11 is 0. The molecule has 23 heavy (non-hydrogen) atoms. The molecule has 0 spiro atoms. The summed E-state index contributed by atoms with van der Waals surface area (Å²) in [6, 6.07) is 26.0. The molecule has 3 aromatic carbocycles. The van der Waals surface area contributed by atoms with Crippen LogP contribution in [0.3, 0.4) is 0 Å². The number of rotatable bonds is 4. The lowest BCUT2D eigenvalue weighted by atomic mass is 10.0. The van der Waals surface area contributed by atoms with E-state index >= 15 is 0 Å². The molecule has 0 N–H and O–H groups in total. The van der Waals surface area contributed by atoms with Gasteiger partial charge in [-0.15, -0.1) is 0 Å². The average molecular weight is 298 g/mol. The first-order valence-electron chi connectivity index (χ1n) is 7.67. The molecule has 0 unspecified atom stereocenters. The van der Waals surface area contributed by atoms with Crippen LogP contribution in [0.4, 0.5) is 0 Å². The van der Waals surface area contributed by atoms with Gasteiger partial charge in [0.1, 0.15) is 0 Å². The van der Waals surface area contributed by atoms with Crippen molar-refractivity contribution in [1.29, 1.82) is 0 Å². The van der Waals surface area contributed by atoms with Gasteiger partial charge in [-0.25, -0.2) is 0 Å². The molecule has 0 heterocycles. The van der Waals surface area contributed by atoms with Gasteiger partial charge in [-0.1, -0.05) is 90.5 Å². The van der Waals surface area contributed by atoms with Crippen LogP contribution in [-0.4, -0.2) is 5.78 Å². The molecular weight excluding hydrogens is 280 g/mol. The van der Waals surface area contributed by atoms with Crippen molar-refractivity contribution in [2.45, 2.75) is 6.92 Å². The summed E-state index contributed by atoms with van der Waals surface area (Å²) in [7, 11) is 0. The highest BCUT2D eigenvalue weighted by molar-refractivity contribution is 6.06. The van der Waals surface area contributed by atoms with Gasteiger partial charge in [-0.3, -0.25) is 4.79 Å². The molecule has 0 aliphatic heterocycles. The van der Waals surface area contributed by atoms with Gasteiger partial charge in [-0.05, 0) is 29.7 Å². The van der Waals surface area contributed by atoms with Crippen molar-refractivity contribution < 1.29 is 4.79 Å². The van der Waals surface area contributed by atoms with Crippen molar-refractivity contribution in [1.82, 2.24) is 0 Å². The predicted octanol–water partition coefficient (Wildman–Crippen LogP) is 5.56.